The van der Waals surface area contributed by atoms with Gasteiger partial charge in [-0.3, -0.25) is 24.0 Å². The van der Waals surface area contributed by atoms with E-state index in [4.69, 9.17) is 0 Å². The van der Waals surface area contributed by atoms with E-state index in [1.54, 1.807) is 13.8 Å². The van der Waals surface area contributed by atoms with Gasteiger partial charge in [0, 0.05) is 25.2 Å². The number of non-ortho nitro benzene ring substituents is 1. The van der Waals surface area contributed by atoms with E-state index in [1.807, 2.05) is 38.1 Å². The molecule has 0 spiro atoms. The largest absolute Gasteiger partial charge is 0.354 e. The van der Waals surface area contributed by atoms with E-state index in [1.165, 1.54) is 17.0 Å². The van der Waals surface area contributed by atoms with E-state index in [2.05, 4.69) is 5.32 Å². The van der Waals surface area contributed by atoms with Crippen LogP contribution in [0, 0.1) is 24.0 Å². The van der Waals surface area contributed by atoms with Gasteiger partial charge in [-0.1, -0.05) is 37.3 Å². The Hall–Kier alpha value is -3.47. The first kappa shape index (κ1) is 27.8. The number of anilines is 1. The van der Waals surface area contributed by atoms with Crippen molar-refractivity contribution < 1.29 is 22.9 Å². The van der Waals surface area contributed by atoms with Gasteiger partial charge >= 0.3 is 0 Å². The number of amides is 2. The van der Waals surface area contributed by atoms with Gasteiger partial charge < -0.3 is 10.2 Å². The van der Waals surface area contributed by atoms with Gasteiger partial charge in [-0.05, 0) is 43.9 Å². The topological polar surface area (TPSA) is 130 Å². The molecule has 0 radical (unpaired) electrons. The van der Waals surface area contributed by atoms with Crippen LogP contribution in [0.15, 0.2) is 42.5 Å². The van der Waals surface area contributed by atoms with Gasteiger partial charge in [0.15, 0.2) is 0 Å². The lowest BCUT2D eigenvalue weighted by Gasteiger charge is -2.32. The number of sulfonamides is 1. The van der Waals surface area contributed by atoms with Gasteiger partial charge in [0.25, 0.3) is 5.69 Å². The maximum atomic E-state index is 13.5. The van der Waals surface area contributed by atoms with Crippen LogP contribution in [0.4, 0.5) is 11.4 Å². The summed E-state index contributed by atoms with van der Waals surface area (Å²) in [4.78, 5) is 38.3. The molecule has 0 aromatic heterocycles. The molecule has 0 bridgehead atoms. The molecule has 2 rings (SSSR count). The number of nitrogens with one attached hydrogen (secondary N) is 1. The quantitative estimate of drug-likeness (QED) is 0.370. The smallest absolute Gasteiger partial charge is 0.271 e. The number of nitro groups is 1. The minimum atomic E-state index is -3.99. The molecule has 0 fully saturated rings. The van der Waals surface area contributed by atoms with Crippen LogP contribution < -0.4 is 9.62 Å². The number of rotatable bonds is 11. The van der Waals surface area contributed by atoms with Crippen LogP contribution in [0.5, 0.6) is 0 Å². The van der Waals surface area contributed by atoms with Crippen molar-refractivity contribution in [2.45, 2.75) is 46.7 Å². The number of hydrogen-bond donors (Lipinski definition) is 1. The molecule has 0 aliphatic heterocycles. The summed E-state index contributed by atoms with van der Waals surface area (Å²) < 4.78 is 26.2. The molecule has 190 valence electrons. The Morgan fingerprint density at radius 2 is 1.77 bits per heavy atom. The summed E-state index contributed by atoms with van der Waals surface area (Å²) in [6.07, 6.45) is 1.65. The zero-order valence-electron chi connectivity index (χ0n) is 20.6. The Kier molecular flexibility index (Phi) is 9.35. The number of carbonyl (C=O) groups excluding carboxylic acids is 2. The maximum Gasteiger partial charge on any atom is 0.271 e. The highest BCUT2D eigenvalue weighted by Crippen LogP contribution is 2.28. The van der Waals surface area contributed by atoms with Gasteiger partial charge in [-0.15, -0.1) is 0 Å². The molecule has 11 heteroatoms. The Labute approximate surface area is 206 Å². The van der Waals surface area contributed by atoms with Crippen LogP contribution in [0.2, 0.25) is 0 Å². The second-order valence-corrected chi connectivity index (χ2v) is 10.3. The van der Waals surface area contributed by atoms with E-state index < -0.39 is 33.4 Å². The van der Waals surface area contributed by atoms with Crippen LogP contribution in [0.25, 0.3) is 0 Å². The molecule has 0 saturated heterocycles. The number of nitrogens with zero attached hydrogens (tertiary/aromatic N) is 3. The van der Waals surface area contributed by atoms with Gasteiger partial charge in [0.2, 0.25) is 21.8 Å². The fourth-order valence-corrected chi connectivity index (χ4v) is 4.42. The van der Waals surface area contributed by atoms with Crippen molar-refractivity contribution in [3.8, 4) is 0 Å². The fraction of sp³-hybridized carbons (Fsp3) is 0.417. The molecule has 10 nitrogen and oxygen atoms in total. The SMILES string of the molecule is CCCNC(=O)[C@@H](C)N(Cc1ccccc1C)C(=O)CN(c1cc([N+](=O)[O-])ccc1C)S(C)(=O)=O. The highest BCUT2D eigenvalue weighted by Gasteiger charge is 2.31. The number of hydrogen-bond acceptors (Lipinski definition) is 6. The van der Waals surface area contributed by atoms with Crippen molar-refractivity contribution in [2.24, 2.45) is 0 Å². The van der Waals surface area contributed by atoms with Crippen molar-refractivity contribution in [3.05, 3.63) is 69.3 Å². The number of aryl methyl sites for hydroxylation is 2. The highest BCUT2D eigenvalue weighted by atomic mass is 32.2. The Morgan fingerprint density at radius 1 is 1.11 bits per heavy atom. The van der Waals surface area contributed by atoms with Crippen LogP contribution in [0.3, 0.4) is 0 Å². The predicted molar refractivity (Wildman–Crippen MR) is 135 cm³/mol. The van der Waals surface area contributed by atoms with Crippen LogP contribution >= 0.6 is 0 Å². The van der Waals surface area contributed by atoms with Crippen molar-refractivity contribution in [1.29, 1.82) is 0 Å². The Morgan fingerprint density at radius 3 is 2.34 bits per heavy atom. The molecule has 0 saturated carbocycles. The van der Waals surface area contributed by atoms with Crippen LogP contribution in [-0.4, -0.2) is 55.4 Å². The minimum absolute atomic E-state index is 0.0361. The van der Waals surface area contributed by atoms with Crippen LogP contribution in [-0.2, 0) is 26.2 Å². The van der Waals surface area contributed by atoms with Gasteiger partial charge in [-0.25, -0.2) is 8.42 Å². The van der Waals surface area contributed by atoms with Crippen LogP contribution in [0.1, 0.15) is 37.0 Å². The number of nitro benzene ring substituents is 1. The van der Waals surface area contributed by atoms with E-state index >= 15 is 0 Å². The normalized spacial score (nSPS) is 12.0. The standard InChI is InChI=1S/C24H32N4O6S/c1-6-13-25-24(30)19(4)26(15-20-10-8-7-9-17(20)2)23(29)16-27(35(5,33)34)22-14-21(28(31)32)12-11-18(22)3/h7-12,14,19H,6,13,15-16H2,1-5H3,(H,25,30)/t19-/m1/s1. The fourth-order valence-electron chi connectivity index (χ4n) is 3.52. The van der Waals surface area contributed by atoms with E-state index in [0.717, 1.165) is 34.2 Å². The van der Waals surface area contributed by atoms with Crippen molar-refractivity contribution >= 4 is 33.2 Å². The summed E-state index contributed by atoms with van der Waals surface area (Å²) in [7, 11) is -3.99. The average Bonchev–Trinajstić information content (AvgIpc) is 2.79. The molecule has 2 aromatic rings. The molecule has 2 aromatic carbocycles. The van der Waals surface area contributed by atoms with E-state index in [0.29, 0.717) is 12.1 Å². The second kappa shape index (κ2) is 11.8. The monoisotopic (exact) mass is 504 g/mol. The lowest BCUT2D eigenvalue weighted by molar-refractivity contribution is -0.384. The van der Waals surface area contributed by atoms with E-state index in [9.17, 15) is 28.1 Å². The van der Waals surface area contributed by atoms with Crippen molar-refractivity contribution in [1.82, 2.24) is 10.2 Å². The third-order valence-electron chi connectivity index (χ3n) is 5.67. The zero-order valence-corrected chi connectivity index (χ0v) is 21.5. The predicted octanol–water partition coefficient (Wildman–Crippen LogP) is 2.92. The molecular weight excluding hydrogens is 472 g/mol. The Balaban J connectivity index is 2.48. The second-order valence-electron chi connectivity index (χ2n) is 8.41. The molecule has 1 atom stereocenters. The Bertz CT molecular complexity index is 1200. The molecule has 0 unspecified atom stereocenters. The lowest BCUT2D eigenvalue weighted by atomic mass is 10.1. The first-order valence-electron chi connectivity index (χ1n) is 11.2. The lowest BCUT2D eigenvalue weighted by Crippen LogP contribution is -2.51. The summed E-state index contributed by atoms with van der Waals surface area (Å²) in [5.74, 6) is -0.963. The summed E-state index contributed by atoms with van der Waals surface area (Å²) >= 11 is 0. The van der Waals surface area contributed by atoms with Crippen molar-refractivity contribution in [2.75, 3.05) is 23.7 Å². The highest BCUT2D eigenvalue weighted by molar-refractivity contribution is 7.92. The molecule has 35 heavy (non-hydrogen) atoms. The summed E-state index contributed by atoms with van der Waals surface area (Å²) in [5, 5.41) is 14.0. The molecule has 1 N–H and O–H groups in total. The summed E-state index contributed by atoms with van der Waals surface area (Å²) in [5.41, 5.74) is 1.92. The number of benzene rings is 2. The first-order chi connectivity index (χ1) is 16.4. The zero-order chi connectivity index (χ0) is 26.3. The molecule has 0 heterocycles. The van der Waals surface area contributed by atoms with Gasteiger partial charge in [0.05, 0.1) is 16.9 Å². The van der Waals surface area contributed by atoms with E-state index in [-0.39, 0.29) is 23.8 Å². The maximum absolute atomic E-state index is 13.5. The van der Waals surface area contributed by atoms with Gasteiger partial charge in [-0.2, -0.15) is 0 Å². The van der Waals surface area contributed by atoms with Crippen molar-refractivity contribution in [3.63, 3.8) is 0 Å². The molecule has 0 aliphatic rings. The summed E-state index contributed by atoms with van der Waals surface area (Å²) in [6.45, 7) is 6.91. The molecular formula is C24H32N4O6S. The average molecular weight is 505 g/mol. The minimum Gasteiger partial charge on any atom is -0.354 e. The first-order valence-corrected chi connectivity index (χ1v) is 13.1. The van der Waals surface area contributed by atoms with Gasteiger partial charge in [0.1, 0.15) is 12.6 Å². The third-order valence-corrected chi connectivity index (χ3v) is 6.80. The molecule has 0 aliphatic carbocycles. The third kappa shape index (κ3) is 7.25. The molecule has 2 amide bonds. The summed E-state index contributed by atoms with van der Waals surface area (Å²) in [6, 6.07) is 10.4. The number of carbonyl (C=O) groups is 2.